The Kier molecular flexibility index (Phi) is 4.91. The maximum atomic E-state index is 12.6. The second-order valence-electron chi connectivity index (χ2n) is 6.01. The molecule has 1 aliphatic rings. The van der Waals surface area contributed by atoms with E-state index in [1.54, 1.807) is 0 Å². The summed E-state index contributed by atoms with van der Waals surface area (Å²) in [5.74, 6) is 0. The minimum atomic E-state index is -2.43. The van der Waals surface area contributed by atoms with Crippen LogP contribution < -0.4 is 0 Å². The lowest BCUT2D eigenvalue weighted by atomic mass is 10.2. The summed E-state index contributed by atoms with van der Waals surface area (Å²) in [5, 5.41) is 1.40. The van der Waals surface area contributed by atoms with E-state index in [0.29, 0.717) is 13.2 Å². The van der Waals surface area contributed by atoms with Crippen molar-refractivity contribution in [1.29, 1.82) is 0 Å². The maximum absolute atomic E-state index is 12.6. The van der Waals surface area contributed by atoms with Crippen LogP contribution in [0.2, 0.25) is 18.1 Å². The molecule has 0 aliphatic carbocycles. The first-order valence-corrected chi connectivity index (χ1v) is 9.08. The van der Waals surface area contributed by atoms with Crippen LogP contribution in [0, 0.1) is 0 Å². The van der Waals surface area contributed by atoms with Crippen LogP contribution in [0.15, 0.2) is 12.3 Å². The number of halogens is 2. The molecular formula is C12H23F2NO2Si. The van der Waals surface area contributed by atoms with Crippen molar-refractivity contribution in [2.45, 2.75) is 51.4 Å². The van der Waals surface area contributed by atoms with E-state index < -0.39 is 20.8 Å². The van der Waals surface area contributed by atoms with Gasteiger partial charge in [0.1, 0.15) is 12.3 Å². The lowest BCUT2D eigenvalue weighted by Gasteiger charge is -2.36. The minimum absolute atomic E-state index is 0.124. The van der Waals surface area contributed by atoms with Gasteiger partial charge >= 0.3 is 0 Å². The summed E-state index contributed by atoms with van der Waals surface area (Å²) in [7, 11) is -1.82. The topological polar surface area (TPSA) is 21.7 Å². The molecule has 0 radical (unpaired) electrons. The molecule has 1 heterocycles. The first-order chi connectivity index (χ1) is 8.15. The molecule has 0 amide bonds. The van der Waals surface area contributed by atoms with Crippen molar-refractivity contribution < 1.29 is 18.0 Å². The van der Waals surface area contributed by atoms with E-state index in [-0.39, 0.29) is 5.04 Å². The fourth-order valence-electron chi connectivity index (χ4n) is 1.38. The van der Waals surface area contributed by atoms with Gasteiger partial charge in [-0.05, 0) is 24.2 Å². The van der Waals surface area contributed by atoms with Crippen LogP contribution in [0.1, 0.15) is 20.8 Å². The van der Waals surface area contributed by atoms with E-state index in [0.717, 1.165) is 0 Å². The number of alkyl halides is 2. The van der Waals surface area contributed by atoms with Gasteiger partial charge in [0.05, 0.1) is 6.54 Å². The van der Waals surface area contributed by atoms with E-state index in [9.17, 15) is 8.78 Å². The highest BCUT2D eigenvalue weighted by atomic mass is 28.4. The third-order valence-electron chi connectivity index (χ3n) is 3.64. The summed E-state index contributed by atoms with van der Waals surface area (Å²) in [4.78, 5) is 5.04. The van der Waals surface area contributed by atoms with Gasteiger partial charge in [0.2, 0.25) is 0 Å². The van der Waals surface area contributed by atoms with Crippen LogP contribution in [0.3, 0.4) is 0 Å². The largest absolute Gasteiger partial charge is 0.415 e. The molecule has 1 rings (SSSR count). The Balaban J connectivity index is 2.39. The standard InChI is InChI=1S/C12H23F2NO2Si/c1-12(2,3)18(4,5)17-9-7-15-10(11(13)14)6-8-16-15/h6,8,10-11H,7,9H2,1-5H3. The van der Waals surface area contributed by atoms with Gasteiger partial charge in [-0.3, -0.25) is 0 Å². The first-order valence-electron chi connectivity index (χ1n) is 6.17. The Morgan fingerprint density at radius 1 is 1.39 bits per heavy atom. The molecule has 0 saturated heterocycles. The Labute approximate surface area is 109 Å². The van der Waals surface area contributed by atoms with Crippen molar-refractivity contribution >= 4 is 8.32 Å². The summed E-state index contributed by atoms with van der Waals surface area (Å²) < 4.78 is 31.2. The number of nitrogens with zero attached hydrogens (tertiary/aromatic N) is 1. The second-order valence-corrected chi connectivity index (χ2v) is 10.8. The van der Waals surface area contributed by atoms with Crippen LogP contribution in [0.25, 0.3) is 0 Å². The fourth-order valence-corrected chi connectivity index (χ4v) is 2.41. The molecular weight excluding hydrogens is 256 g/mol. The van der Waals surface area contributed by atoms with Gasteiger partial charge in [-0.15, -0.1) is 5.06 Å². The van der Waals surface area contributed by atoms with Gasteiger partial charge < -0.3 is 9.26 Å². The summed E-state index contributed by atoms with van der Waals surface area (Å²) in [6.45, 7) is 11.5. The molecule has 18 heavy (non-hydrogen) atoms. The lowest BCUT2D eigenvalue weighted by Crippen LogP contribution is -2.44. The van der Waals surface area contributed by atoms with Gasteiger partial charge in [0.25, 0.3) is 6.43 Å². The Morgan fingerprint density at radius 3 is 2.50 bits per heavy atom. The van der Waals surface area contributed by atoms with Gasteiger partial charge in [0, 0.05) is 6.61 Å². The van der Waals surface area contributed by atoms with Crippen LogP contribution in [0.4, 0.5) is 8.78 Å². The summed E-state index contributed by atoms with van der Waals surface area (Å²) in [5.41, 5.74) is 0. The molecule has 0 saturated carbocycles. The number of hydrogen-bond donors (Lipinski definition) is 0. The molecule has 0 aromatic rings. The average Bonchev–Trinajstić information content (AvgIpc) is 2.63. The minimum Gasteiger partial charge on any atom is -0.415 e. The van der Waals surface area contributed by atoms with E-state index in [1.165, 1.54) is 17.4 Å². The normalized spacial score (nSPS) is 21.7. The molecule has 0 fully saturated rings. The second kappa shape index (κ2) is 5.67. The Hall–Kier alpha value is -0.463. The van der Waals surface area contributed by atoms with Crippen LogP contribution in [-0.2, 0) is 9.26 Å². The van der Waals surface area contributed by atoms with Gasteiger partial charge in [0.15, 0.2) is 8.32 Å². The third kappa shape index (κ3) is 3.76. The number of hydroxylamine groups is 2. The van der Waals surface area contributed by atoms with Gasteiger partial charge in [-0.25, -0.2) is 8.78 Å². The Morgan fingerprint density at radius 2 is 2.00 bits per heavy atom. The number of hydrogen-bond acceptors (Lipinski definition) is 3. The zero-order chi connectivity index (χ0) is 14.0. The van der Waals surface area contributed by atoms with Crippen molar-refractivity contribution in [1.82, 2.24) is 5.06 Å². The quantitative estimate of drug-likeness (QED) is 0.720. The maximum Gasteiger partial charge on any atom is 0.260 e. The smallest absolute Gasteiger partial charge is 0.260 e. The molecule has 3 nitrogen and oxygen atoms in total. The molecule has 0 spiro atoms. The summed E-state index contributed by atoms with van der Waals surface area (Å²) in [6, 6.07) is -0.951. The SMILES string of the molecule is CC(C)(C)[Si](C)(C)OCCN1OC=CC1C(F)F. The zero-order valence-corrected chi connectivity index (χ0v) is 12.7. The number of rotatable bonds is 5. The molecule has 1 atom stereocenters. The zero-order valence-electron chi connectivity index (χ0n) is 11.7. The third-order valence-corrected chi connectivity index (χ3v) is 8.18. The van der Waals surface area contributed by atoms with Crippen molar-refractivity contribution in [2.75, 3.05) is 13.2 Å². The molecule has 6 heteroatoms. The van der Waals surface area contributed by atoms with Gasteiger partial charge in [-0.2, -0.15) is 0 Å². The molecule has 0 bridgehead atoms. The van der Waals surface area contributed by atoms with Crippen molar-refractivity contribution in [3.05, 3.63) is 12.3 Å². The average molecular weight is 279 g/mol. The molecule has 1 unspecified atom stereocenters. The van der Waals surface area contributed by atoms with Crippen molar-refractivity contribution in [2.24, 2.45) is 0 Å². The van der Waals surface area contributed by atoms with E-state index in [2.05, 4.69) is 33.9 Å². The van der Waals surface area contributed by atoms with Crippen LogP contribution >= 0.6 is 0 Å². The first kappa shape index (κ1) is 15.6. The monoisotopic (exact) mass is 279 g/mol. The van der Waals surface area contributed by atoms with Crippen molar-refractivity contribution in [3.63, 3.8) is 0 Å². The fraction of sp³-hybridized carbons (Fsp3) is 0.833. The van der Waals surface area contributed by atoms with Crippen LogP contribution in [-0.4, -0.2) is 39.0 Å². The predicted octanol–water partition coefficient (Wildman–Crippen LogP) is 3.40. The van der Waals surface area contributed by atoms with E-state index in [4.69, 9.17) is 9.26 Å². The van der Waals surface area contributed by atoms with E-state index in [1.807, 2.05) is 0 Å². The highest BCUT2D eigenvalue weighted by Gasteiger charge is 2.37. The van der Waals surface area contributed by atoms with E-state index >= 15 is 0 Å². The van der Waals surface area contributed by atoms with Crippen LogP contribution in [0.5, 0.6) is 0 Å². The molecule has 0 N–H and O–H groups in total. The van der Waals surface area contributed by atoms with Gasteiger partial charge in [-0.1, -0.05) is 20.8 Å². The highest BCUT2D eigenvalue weighted by molar-refractivity contribution is 6.74. The molecule has 106 valence electrons. The van der Waals surface area contributed by atoms with Crippen molar-refractivity contribution in [3.8, 4) is 0 Å². The molecule has 0 aromatic heterocycles. The summed E-state index contributed by atoms with van der Waals surface area (Å²) in [6.07, 6.45) is 0.247. The lowest BCUT2D eigenvalue weighted by molar-refractivity contribution is -0.139. The Bertz CT molecular complexity index is 303. The summed E-state index contributed by atoms with van der Waals surface area (Å²) >= 11 is 0. The predicted molar refractivity (Wildman–Crippen MR) is 69.9 cm³/mol. The highest BCUT2D eigenvalue weighted by Crippen LogP contribution is 2.36. The molecule has 0 aromatic carbocycles. The molecule has 1 aliphatic heterocycles.